The van der Waals surface area contributed by atoms with Crippen molar-refractivity contribution in [1.29, 1.82) is 0 Å². The first-order valence-electron chi connectivity index (χ1n) is 9.58. The number of furan rings is 1. The third kappa shape index (κ3) is 5.12. The lowest BCUT2D eigenvalue weighted by molar-refractivity contribution is -0.127. The summed E-state index contributed by atoms with van der Waals surface area (Å²) < 4.78 is 5.76. The molecular formula is C23H15Cl3N2O4S. The van der Waals surface area contributed by atoms with Crippen LogP contribution in [0.25, 0.3) is 17.4 Å². The van der Waals surface area contributed by atoms with E-state index in [9.17, 15) is 14.4 Å². The van der Waals surface area contributed by atoms with Gasteiger partial charge in [-0.05, 0) is 60.6 Å². The lowest BCUT2D eigenvalue weighted by Crippen LogP contribution is -2.36. The van der Waals surface area contributed by atoms with Crippen LogP contribution in [0.15, 0.2) is 57.9 Å². The summed E-state index contributed by atoms with van der Waals surface area (Å²) in [5.41, 5.74) is 1.94. The molecule has 0 radical (unpaired) electrons. The summed E-state index contributed by atoms with van der Waals surface area (Å²) in [4.78, 5) is 38.4. The monoisotopic (exact) mass is 520 g/mol. The minimum absolute atomic E-state index is 0.143. The van der Waals surface area contributed by atoms with E-state index >= 15 is 0 Å². The highest BCUT2D eigenvalue weighted by atomic mass is 35.5. The molecule has 1 saturated heterocycles. The standard InChI is InChI=1S/C23H15Cl3N2O4S/c1-12-5-6-13(9-17(12)25)27-20(29)11-28-22(30)19(33-23(28)31)10-14-7-8-18(32-14)15-3-2-4-16(24)21(15)26/h2-10H,11H2,1H3,(H,27,29)/b19-10+. The van der Waals surface area contributed by atoms with Crippen LogP contribution in [0.1, 0.15) is 11.3 Å². The van der Waals surface area contributed by atoms with E-state index in [2.05, 4.69) is 5.32 Å². The molecule has 10 heteroatoms. The van der Waals surface area contributed by atoms with Crippen LogP contribution in [-0.4, -0.2) is 28.5 Å². The van der Waals surface area contributed by atoms with E-state index in [1.807, 2.05) is 6.92 Å². The molecule has 0 aliphatic carbocycles. The zero-order valence-electron chi connectivity index (χ0n) is 17.0. The summed E-state index contributed by atoms with van der Waals surface area (Å²) in [6.45, 7) is 1.42. The quantitative estimate of drug-likeness (QED) is 0.370. The van der Waals surface area contributed by atoms with Crippen LogP contribution in [0.4, 0.5) is 10.5 Å². The molecule has 0 spiro atoms. The minimum atomic E-state index is -0.583. The Bertz CT molecular complexity index is 1320. The number of hydrogen-bond acceptors (Lipinski definition) is 5. The summed E-state index contributed by atoms with van der Waals surface area (Å²) in [5.74, 6) is -0.287. The molecule has 4 rings (SSSR count). The number of rotatable bonds is 5. The second-order valence-electron chi connectivity index (χ2n) is 7.08. The fraction of sp³-hybridized carbons (Fsp3) is 0.0870. The van der Waals surface area contributed by atoms with Crippen molar-refractivity contribution in [2.45, 2.75) is 6.92 Å². The Morgan fingerprint density at radius 2 is 1.88 bits per heavy atom. The molecule has 3 amide bonds. The molecule has 1 aliphatic heterocycles. The van der Waals surface area contributed by atoms with Gasteiger partial charge in [-0.3, -0.25) is 19.3 Å². The summed E-state index contributed by atoms with van der Waals surface area (Å²) in [6.07, 6.45) is 1.45. The number of imide groups is 1. The number of anilines is 1. The van der Waals surface area contributed by atoms with Crippen LogP contribution in [0, 0.1) is 6.92 Å². The molecule has 33 heavy (non-hydrogen) atoms. The SMILES string of the molecule is Cc1ccc(NC(=O)CN2C(=O)S/C(=C/c3ccc(-c4cccc(Cl)c4Cl)o3)C2=O)cc1Cl. The number of carbonyl (C=O) groups is 3. The molecule has 0 atom stereocenters. The molecule has 1 N–H and O–H groups in total. The van der Waals surface area contributed by atoms with Crippen molar-refractivity contribution in [1.82, 2.24) is 4.90 Å². The molecule has 2 aromatic carbocycles. The topological polar surface area (TPSA) is 79.6 Å². The van der Waals surface area contributed by atoms with Gasteiger partial charge < -0.3 is 9.73 Å². The normalized spacial score (nSPS) is 14.9. The van der Waals surface area contributed by atoms with Crippen molar-refractivity contribution < 1.29 is 18.8 Å². The number of amides is 3. The van der Waals surface area contributed by atoms with Gasteiger partial charge in [0.25, 0.3) is 11.1 Å². The highest BCUT2D eigenvalue weighted by Gasteiger charge is 2.36. The number of halogens is 3. The third-order valence-corrected chi connectivity index (χ3v) is 6.88. The molecule has 2 heterocycles. The summed E-state index contributed by atoms with van der Waals surface area (Å²) >= 11 is 19.1. The molecule has 6 nitrogen and oxygen atoms in total. The predicted octanol–water partition coefficient (Wildman–Crippen LogP) is 6.89. The van der Waals surface area contributed by atoms with Crippen molar-refractivity contribution in [3.05, 3.63) is 79.8 Å². The Hall–Kier alpha value is -2.71. The van der Waals surface area contributed by atoms with Gasteiger partial charge >= 0.3 is 0 Å². The maximum absolute atomic E-state index is 12.7. The van der Waals surface area contributed by atoms with Gasteiger partial charge in [0.2, 0.25) is 5.91 Å². The van der Waals surface area contributed by atoms with Gasteiger partial charge in [-0.15, -0.1) is 0 Å². The lowest BCUT2D eigenvalue weighted by atomic mass is 10.2. The fourth-order valence-electron chi connectivity index (χ4n) is 3.05. The Morgan fingerprint density at radius 3 is 2.64 bits per heavy atom. The number of nitrogens with zero attached hydrogens (tertiary/aromatic N) is 1. The van der Waals surface area contributed by atoms with Crippen molar-refractivity contribution in [2.24, 2.45) is 0 Å². The van der Waals surface area contributed by atoms with Crippen LogP contribution < -0.4 is 5.32 Å². The first kappa shape index (κ1) is 23.4. The Kier molecular flexibility index (Phi) is 6.86. The number of thioether (sulfide) groups is 1. The Balaban J connectivity index is 1.47. The van der Waals surface area contributed by atoms with Gasteiger partial charge in [0.05, 0.1) is 15.0 Å². The number of aryl methyl sites for hydroxylation is 1. The van der Waals surface area contributed by atoms with Gasteiger partial charge in [-0.1, -0.05) is 46.9 Å². The van der Waals surface area contributed by atoms with Crippen molar-refractivity contribution in [3.63, 3.8) is 0 Å². The van der Waals surface area contributed by atoms with Crippen molar-refractivity contribution in [2.75, 3.05) is 11.9 Å². The minimum Gasteiger partial charge on any atom is -0.457 e. The smallest absolute Gasteiger partial charge is 0.294 e. The van der Waals surface area contributed by atoms with E-state index in [1.54, 1.807) is 48.5 Å². The molecule has 0 bridgehead atoms. The molecule has 1 fully saturated rings. The van der Waals surface area contributed by atoms with Crippen molar-refractivity contribution in [3.8, 4) is 11.3 Å². The predicted molar refractivity (Wildman–Crippen MR) is 132 cm³/mol. The Labute approximate surface area is 208 Å². The van der Waals surface area contributed by atoms with Crippen LogP contribution in [-0.2, 0) is 9.59 Å². The number of benzene rings is 2. The first-order valence-corrected chi connectivity index (χ1v) is 11.5. The highest BCUT2D eigenvalue weighted by molar-refractivity contribution is 8.18. The van der Waals surface area contributed by atoms with E-state index in [4.69, 9.17) is 39.2 Å². The molecule has 168 valence electrons. The van der Waals surface area contributed by atoms with E-state index in [-0.39, 0.29) is 4.91 Å². The second kappa shape index (κ2) is 9.65. The molecule has 1 aliphatic rings. The van der Waals surface area contributed by atoms with Gasteiger partial charge in [-0.2, -0.15) is 0 Å². The van der Waals surface area contributed by atoms with E-state index in [0.29, 0.717) is 37.8 Å². The number of nitrogens with one attached hydrogen (secondary N) is 1. The highest BCUT2D eigenvalue weighted by Crippen LogP contribution is 2.36. The number of hydrogen-bond donors (Lipinski definition) is 1. The lowest BCUT2D eigenvalue weighted by Gasteiger charge is -2.12. The van der Waals surface area contributed by atoms with E-state index < -0.39 is 23.6 Å². The zero-order chi connectivity index (χ0) is 23.7. The van der Waals surface area contributed by atoms with Crippen LogP contribution in [0.3, 0.4) is 0 Å². The van der Waals surface area contributed by atoms with Gasteiger partial charge in [0.15, 0.2) is 0 Å². The number of carbonyl (C=O) groups excluding carboxylic acids is 3. The van der Waals surface area contributed by atoms with Gasteiger partial charge in [0, 0.05) is 22.3 Å². The molecular weight excluding hydrogens is 507 g/mol. The Morgan fingerprint density at radius 1 is 1.09 bits per heavy atom. The van der Waals surface area contributed by atoms with E-state index in [1.165, 1.54) is 6.08 Å². The molecule has 0 unspecified atom stereocenters. The molecule has 3 aromatic rings. The average molecular weight is 522 g/mol. The summed E-state index contributed by atoms with van der Waals surface area (Å²) in [6, 6.07) is 13.5. The fourth-order valence-corrected chi connectivity index (χ4v) is 4.44. The van der Waals surface area contributed by atoms with Crippen LogP contribution >= 0.6 is 46.6 Å². The third-order valence-electron chi connectivity index (χ3n) is 4.75. The van der Waals surface area contributed by atoms with Crippen LogP contribution in [0.5, 0.6) is 0 Å². The molecule has 0 saturated carbocycles. The maximum Gasteiger partial charge on any atom is 0.294 e. The maximum atomic E-state index is 12.7. The van der Waals surface area contributed by atoms with E-state index in [0.717, 1.165) is 22.2 Å². The summed E-state index contributed by atoms with van der Waals surface area (Å²) in [5, 5.41) is 3.32. The van der Waals surface area contributed by atoms with Gasteiger partial charge in [0.1, 0.15) is 18.1 Å². The van der Waals surface area contributed by atoms with Gasteiger partial charge in [-0.25, -0.2) is 0 Å². The largest absolute Gasteiger partial charge is 0.457 e. The second-order valence-corrected chi connectivity index (χ2v) is 9.27. The zero-order valence-corrected chi connectivity index (χ0v) is 20.1. The summed E-state index contributed by atoms with van der Waals surface area (Å²) in [7, 11) is 0. The van der Waals surface area contributed by atoms with Crippen molar-refractivity contribution >= 4 is 75.4 Å². The molecule has 1 aromatic heterocycles. The average Bonchev–Trinajstić information content (AvgIpc) is 3.33. The first-order chi connectivity index (χ1) is 15.7. The van der Waals surface area contributed by atoms with Crippen LogP contribution in [0.2, 0.25) is 15.1 Å².